The molecule has 1 rings (SSSR count). The third kappa shape index (κ3) is 4.11. The third-order valence-corrected chi connectivity index (χ3v) is 2.35. The van der Waals surface area contributed by atoms with E-state index in [-0.39, 0.29) is 5.69 Å². The molecule has 0 atom stereocenters. The van der Waals surface area contributed by atoms with Crippen LogP contribution in [-0.2, 0) is 0 Å². The summed E-state index contributed by atoms with van der Waals surface area (Å²) >= 11 is 0. The molecule has 5 nitrogen and oxygen atoms in total. The van der Waals surface area contributed by atoms with Crippen molar-refractivity contribution in [3.05, 3.63) is 34.4 Å². The first-order chi connectivity index (χ1) is 7.94. The van der Waals surface area contributed by atoms with E-state index in [0.29, 0.717) is 18.8 Å². The van der Waals surface area contributed by atoms with Crippen LogP contribution in [-0.4, -0.2) is 11.5 Å². The van der Waals surface area contributed by atoms with Gasteiger partial charge in [0.2, 0.25) is 0 Å². The van der Waals surface area contributed by atoms with Crippen molar-refractivity contribution in [3.63, 3.8) is 0 Å². The minimum Gasteiger partial charge on any atom is -0.494 e. The summed E-state index contributed by atoms with van der Waals surface area (Å²) in [6.45, 7) is 4.09. The molecule has 0 aliphatic heterocycles. The zero-order chi connectivity index (χ0) is 12.9. The van der Waals surface area contributed by atoms with E-state index in [0.717, 1.165) is 0 Å². The first kappa shape index (κ1) is 13.0. The molecule has 0 amide bonds. The fourth-order valence-electron chi connectivity index (χ4n) is 1.14. The lowest BCUT2D eigenvalue weighted by molar-refractivity contribution is -0.384. The molecule has 90 valence electrons. The van der Waals surface area contributed by atoms with Crippen molar-refractivity contribution >= 4 is 5.69 Å². The van der Waals surface area contributed by atoms with Crippen molar-refractivity contribution in [1.82, 2.24) is 0 Å². The van der Waals surface area contributed by atoms with Crippen LogP contribution in [0.25, 0.3) is 0 Å². The Balaban J connectivity index is 2.49. The van der Waals surface area contributed by atoms with Crippen molar-refractivity contribution in [2.75, 3.05) is 6.61 Å². The summed E-state index contributed by atoms with van der Waals surface area (Å²) in [5.74, 6) is 0.573. The first-order valence-electron chi connectivity index (χ1n) is 5.23. The number of nitro benzene ring substituents is 1. The zero-order valence-corrected chi connectivity index (χ0v) is 9.84. The maximum Gasteiger partial charge on any atom is 0.269 e. The zero-order valence-electron chi connectivity index (χ0n) is 9.84. The van der Waals surface area contributed by atoms with Gasteiger partial charge in [-0.05, 0) is 32.4 Å². The molecule has 0 aromatic heterocycles. The van der Waals surface area contributed by atoms with Gasteiger partial charge in [0.1, 0.15) is 5.75 Å². The quantitative estimate of drug-likeness (QED) is 0.579. The SMILES string of the molecule is CC(C)(C#N)CCOc1ccc([N+](=O)[O-])cc1. The number of non-ortho nitro benzene ring substituents is 1. The number of rotatable bonds is 5. The van der Waals surface area contributed by atoms with Gasteiger partial charge in [-0.3, -0.25) is 10.1 Å². The Morgan fingerprint density at radius 3 is 2.47 bits per heavy atom. The summed E-state index contributed by atoms with van der Waals surface area (Å²) in [4.78, 5) is 9.97. The maximum atomic E-state index is 10.4. The van der Waals surface area contributed by atoms with Crippen LogP contribution in [0, 0.1) is 26.9 Å². The number of hydrogen-bond donors (Lipinski definition) is 0. The number of benzene rings is 1. The predicted octanol–water partition coefficient (Wildman–Crippen LogP) is 2.91. The first-order valence-corrected chi connectivity index (χ1v) is 5.23. The summed E-state index contributed by atoms with van der Waals surface area (Å²) < 4.78 is 5.40. The predicted molar refractivity (Wildman–Crippen MR) is 62.6 cm³/mol. The van der Waals surface area contributed by atoms with Gasteiger partial charge >= 0.3 is 0 Å². The lowest BCUT2D eigenvalue weighted by atomic mass is 9.92. The van der Waals surface area contributed by atoms with Gasteiger partial charge in [-0.2, -0.15) is 5.26 Å². The Hall–Kier alpha value is -2.09. The van der Waals surface area contributed by atoms with E-state index in [1.165, 1.54) is 12.1 Å². The summed E-state index contributed by atoms with van der Waals surface area (Å²) in [7, 11) is 0. The average Bonchev–Trinajstić information content (AvgIpc) is 2.29. The Morgan fingerprint density at radius 1 is 1.41 bits per heavy atom. The number of nitriles is 1. The largest absolute Gasteiger partial charge is 0.494 e. The second-order valence-corrected chi connectivity index (χ2v) is 4.35. The van der Waals surface area contributed by atoms with Gasteiger partial charge in [0.05, 0.1) is 23.0 Å². The topological polar surface area (TPSA) is 76.2 Å². The molecular formula is C12H14N2O3. The van der Waals surface area contributed by atoms with Crippen molar-refractivity contribution in [2.24, 2.45) is 5.41 Å². The van der Waals surface area contributed by atoms with Crippen LogP contribution >= 0.6 is 0 Å². The lowest BCUT2D eigenvalue weighted by Crippen LogP contribution is -2.13. The molecule has 1 aromatic rings. The molecule has 5 heteroatoms. The fourth-order valence-corrected chi connectivity index (χ4v) is 1.14. The summed E-state index contributed by atoms with van der Waals surface area (Å²) in [6.07, 6.45) is 0.612. The van der Waals surface area contributed by atoms with Crippen molar-refractivity contribution in [3.8, 4) is 11.8 Å². The molecule has 0 saturated carbocycles. The second kappa shape index (κ2) is 5.30. The van der Waals surface area contributed by atoms with Gasteiger partial charge in [-0.1, -0.05) is 0 Å². The highest BCUT2D eigenvalue weighted by Gasteiger charge is 2.16. The molecule has 0 fully saturated rings. The summed E-state index contributed by atoms with van der Waals surface area (Å²) in [5.41, 5.74) is -0.379. The smallest absolute Gasteiger partial charge is 0.269 e. The number of hydrogen-bond acceptors (Lipinski definition) is 4. The van der Waals surface area contributed by atoms with Gasteiger partial charge in [-0.25, -0.2) is 0 Å². The minimum absolute atomic E-state index is 0.0368. The second-order valence-electron chi connectivity index (χ2n) is 4.35. The van der Waals surface area contributed by atoms with Crippen LogP contribution in [0.3, 0.4) is 0 Å². The highest BCUT2D eigenvalue weighted by molar-refractivity contribution is 5.35. The fraction of sp³-hybridized carbons (Fsp3) is 0.417. The van der Waals surface area contributed by atoms with E-state index in [2.05, 4.69) is 6.07 Å². The van der Waals surface area contributed by atoms with E-state index < -0.39 is 10.3 Å². The third-order valence-electron chi connectivity index (χ3n) is 2.35. The van der Waals surface area contributed by atoms with Crippen molar-refractivity contribution in [2.45, 2.75) is 20.3 Å². The highest BCUT2D eigenvalue weighted by Crippen LogP contribution is 2.21. The molecular weight excluding hydrogens is 220 g/mol. The van der Waals surface area contributed by atoms with E-state index in [9.17, 15) is 10.1 Å². The Bertz CT molecular complexity index is 432. The van der Waals surface area contributed by atoms with E-state index in [1.54, 1.807) is 12.1 Å². The Kier molecular flexibility index (Phi) is 4.05. The van der Waals surface area contributed by atoms with Crippen LogP contribution in [0.1, 0.15) is 20.3 Å². The van der Waals surface area contributed by atoms with Gasteiger partial charge in [-0.15, -0.1) is 0 Å². The summed E-state index contributed by atoms with van der Waals surface area (Å²) in [5, 5.41) is 19.2. The molecule has 0 N–H and O–H groups in total. The van der Waals surface area contributed by atoms with Crippen LogP contribution < -0.4 is 4.74 Å². The van der Waals surface area contributed by atoms with E-state index in [4.69, 9.17) is 10.00 Å². The van der Waals surface area contributed by atoms with Gasteiger partial charge in [0.25, 0.3) is 5.69 Å². The van der Waals surface area contributed by atoms with E-state index in [1.807, 2.05) is 13.8 Å². The molecule has 0 unspecified atom stereocenters. The highest BCUT2D eigenvalue weighted by atomic mass is 16.6. The molecule has 0 saturated heterocycles. The molecule has 0 heterocycles. The summed E-state index contributed by atoms with van der Waals surface area (Å²) in [6, 6.07) is 8.08. The van der Waals surface area contributed by atoms with Crippen molar-refractivity contribution in [1.29, 1.82) is 5.26 Å². The minimum atomic E-state index is -0.456. The van der Waals surface area contributed by atoms with Crippen LogP contribution in [0.2, 0.25) is 0 Å². The van der Waals surface area contributed by atoms with Crippen LogP contribution in [0.15, 0.2) is 24.3 Å². The number of nitrogens with zero attached hydrogens (tertiary/aromatic N) is 2. The Labute approximate surface area is 99.8 Å². The lowest BCUT2D eigenvalue weighted by Gasteiger charge is -2.15. The van der Waals surface area contributed by atoms with E-state index >= 15 is 0 Å². The number of nitro groups is 1. The monoisotopic (exact) mass is 234 g/mol. The normalized spacial score (nSPS) is 10.6. The molecule has 1 aromatic carbocycles. The average molecular weight is 234 g/mol. The molecule has 0 spiro atoms. The molecule has 0 radical (unpaired) electrons. The number of ether oxygens (including phenoxy) is 1. The van der Waals surface area contributed by atoms with Gasteiger partial charge in [0.15, 0.2) is 0 Å². The molecule has 17 heavy (non-hydrogen) atoms. The van der Waals surface area contributed by atoms with Crippen LogP contribution in [0.5, 0.6) is 5.75 Å². The Morgan fingerprint density at radius 2 is 2.00 bits per heavy atom. The maximum absolute atomic E-state index is 10.4. The molecule has 0 aliphatic carbocycles. The van der Waals surface area contributed by atoms with Crippen molar-refractivity contribution < 1.29 is 9.66 Å². The van der Waals surface area contributed by atoms with Gasteiger partial charge in [0, 0.05) is 12.1 Å². The molecule has 0 aliphatic rings. The van der Waals surface area contributed by atoms with Crippen LogP contribution in [0.4, 0.5) is 5.69 Å². The standard InChI is InChI=1S/C12H14N2O3/c1-12(2,9-13)7-8-17-11-5-3-10(4-6-11)14(15)16/h3-6H,7-8H2,1-2H3. The van der Waals surface area contributed by atoms with Gasteiger partial charge < -0.3 is 4.74 Å². The molecule has 0 bridgehead atoms.